The maximum Gasteiger partial charge on any atom is 0.311 e. The molecule has 0 radical (unpaired) electrons. The Balaban J connectivity index is 1.59. The maximum absolute atomic E-state index is 12.2. The highest BCUT2D eigenvalue weighted by atomic mass is 35.5. The molecule has 25 heavy (non-hydrogen) atoms. The molecule has 2 aromatic rings. The number of esters is 1. The number of carbonyl (C=O) groups is 2. The van der Waals surface area contributed by atoms with Crippen LogP contribution in [0.15, 0.2) is 24.3 Å². The molecule has 1 aromatic carbocycles. The lowest BCUT2D eigenvalue weighted by atomic mass is 10.1. The Morgan fingerprint density at radius 1 is 1.40 bits per heavy atom. The fourth-order valence-electron chi connectivity index (χ4n) is 2.54. The van der Waals surface area contributed by atoms with Gasteiger partial charge in [0, 0.05) is 30.2 Å². The summed E-state index contributed by atoms with van der Waals surface area (Å²) in [7, 11) is 0. The van der Waals surface area contributed by atoms with Crippen LogP contribution in [0.25, 0.3) is 0 Å². The molecule has 1 saturated heterocycles. The van der Waals surface area contributed by atoms with Gasteiger partial charge in [0.15, 0.2) is 0 Å². The standard InChI is InChI=1S/C16H16ClN3O4S/c1-2-23-12-5-3-11(4-6-12)20-8-10(7-14(20)21)16(22)24-9-13-15(17)25-19-18-13/h3-6,10H,2,7-9H2,1H3/t10-/m0/s1. The van der Waals surface area contributed by atoms with Gasteiger partial charge < -0.3 is 14.4 Å². The van der Waals surface area contributed by atoms with Crippen molar-refractivity contribution in [2.45, 2.75) is 20.0 Å². The molecule has 0 unspecified atom stereocenters. The topological polar surface area (TPSA) is 81.6 Å². The lowest BCUT2D eigenvalue weighted by Gasteiger charge is -2.17. The normalized spacial score (nSPS) is 17.0. The molecule has 2 heterocycles. The van der Waals surface area contributed by atoms with Gasteiger partial charge in [-0.3, -0.25) is 9.59 Å². The van der Waals surface area contributed by atoms with E-state index in [1.54, 1.807) is 29.2 Å². The summed E-state index contributed by atoms with van der Waals surface area (Å²) in [5, 5.41) is 3.79. The van der Waals surface area contributed by atoms with E-state index in [0.717, 1.165) is 23.0 Å². The highest BCUT2D eigenvalue weighted by Gasteiger charge is 2.36. The number of carbonyl (C=O) groups excluding carboxylic acids is 2. The number of nitrogens with zero attached hydrogens (tertiary/aromatic N) is 3. The number of ether oxygens (including phenoxy) is 2. The van der Waals surface area contributed by atoms with Gasteiger partial charge in [-0.05, 0) is 31.2 Å². The van der Waals surface area contributed by atoms with Gasteiger partial charge in [0.25, 0.3) is 0 Å². The van der Waals surface area contributed by atoms with Crippen molar-refractivity contribution in [2.75, 3.05) is 18.1 Å². The molecule has 7 nitrogen and oxygen atoms in total. The molecule has 0 bridgehead atoms. The van der Waals surface area contributed by atoms with E-state index in [-0.39, 0.29) is 25.5 Å². The molecule has 9 heteroatoms. The quantitative estimate of drug-likeness (QED) is 0.715. The molecule has 0 saturated carbocycles. The Kier molecular flexibility index (Phi) is 5.50. The van der Waals surface area contributed by atoms with Crippen LogP contribution in [0, 0.1) is 5.92 Å². The van der Waals surface area contributed by atoms with Crippen LogP contribution >= 0.6 is 23.1 Å². The average molecular weight is 382 g/mol. The first kappa shape index (κ1) is 17.6. The van der Waals surface area contributed by atoms with Gasteiger partial charge in [0.1, 0.15) is 22.4 Å². The molecule has 1 amide bonds. The van der Waals surface area contributed by atoms with Crippen molar-refractivity contribution in [3.05, 3.63) is 34.3 Å². The minimum Gasteiger partial charge on any atom is -0.494 e. The molecular formula is C16H16ClN3O4S. The van der Waals surface area contributed by atoms with E-state index in [0.29, 0.717) is 16.6 Å². The van der Waals surface area contributed by atoms with E-state index < -0.39 is 11.9 Å². The van der Waals surface area contributed by atoms with E-state index in [9.17, 15) is 9.59 Å². The summed E-state index contributed by atoms with van der Waals surface area (Å²) in [5.41, 5.74) is 1.16. The van der Waals surface area contributed by atoms with E-state index in [1.807, 2.05) is 6.92 Å². The first-order chi connectivity index (χ1) is 12.1. The maximum atomic E-state index is 12.2. The van der Waals surface area contributed by atoms with Gasteiger partial charge in [-0.25, -0.2) is 0 Å². The molecule has 3 rings (SSSR count). The van der Waals surface area contributed by atoms with Gasteiger partial charge in [-0.1, -0.05) is 16.1 Å². The van der Waals surface area contributed by atoms with Gasteiger partial charge in [0.2, 0.25) is 5.91 Å². The lowest BCUT2D eigenvalue weighted by Crippen LogP contribution is -2.26. The molecule has 1 fully saturated rings. The third-order valence-electron chi connectivity index (χ3n) is 3.78. The predicted molar refractivity (Wildman–Crippen MR) is 92.8 cm³/mol. The van der Waals surface area contributed by atoms with Gasteiger partial charge >= 0.3 is 5.97 Å². The second kappa shape index (κ2) is 7.79. The van der Waals surface area contributed by atoms with Crippen LogP contribution in [0.1, 0.15) is 19.0 Å². The highest BCUT2D eigenvalue weighted by Crippen LogP contribution is 2.28. The number of benzene rings is 1. The second-order valence-electron chi connectivity index (χ2n) is 5.43. The average Bonchev–Trinajstić information content (AvgIpc) is 3.19. The van der Waals surface area contributed by atoms with E-state index in [4.69, 9.17) is 21.1 Å². The summed E-state index contributed by atoms with van der Waals surface area (Å²) in [6.07, 6.45) is 0.120. The SMILES string of the molecule is CCOc1ccc(N2C[C@@H](C(=O)OCc3nnsc3Cl)CC2=O)cc1. The fraction of sp³-hybridized carbons (Fsp3) is 0.375. The summed E-state index contributed by atoms with van der Waals surface area (Å²) >= 11 is 6.91. The summed E-state index contributed by atoms with van der Waals surface area (Å²) in [6, 6.07) is 7.21. The van der Waals surface area contributed by atoms with Crippen molar-refractivity contribution in [3.8, 4) is 5.75 Å². The van der Waals surface area contributed by atoms with Crippen molar-refractivity contribution in [1.82, 2.24) is 9.59 Å². The van der Waals surface area contributed by atoms with Crippen LogP contribution in [-0.2, 0) is 20.9 Å². The fourth-order valence-corrected chi connectivity index (χ4v) is 3.15. The smallest absolute Gasteiger partial charge is 0.311 e. The number of hydrogen-bond acceptors (Lipinski definition) is 7. The Labute approximate surface area is 153 Å². The third kappa shape index (κ3) is 4.08. The number of anilines is 1. The zero-order valence-corrected chi connectivity index (χ0v) is 15.0. The summed E-state index contributed by atoms with van der Waals surface area (Å²) in [5.74, 6) is -0.322. The first-order valence-corrected chi connectivity index (χ1v) is 8.90. The molecule has 132 valence electrons. The molecule has 0 N–H and O–H groups in total. The Hall–Kier alpha value is -2.19. The monoisotopic (exact) mass is 381 g/mol. The summed E-state index contributed by atoms with van der Waals surface area (Å²) < 4.78 is 14.7. The van der Waals surface area contributed by atoms with Crippen LogP contribution < -0.4 is 9.64 Å². The van der Waals surface area contributed by atoms with E-state index in [2.05, 4.69) is 9.59 Å². The van der Waals surface area contributed by atoms with Crippen LogP contribution in [0.4, 0.5) is 5.69 Å². The Morgan fingerprint density at radius 3 is 2.80 bits per heavy atom. The minimum absolute atomic E-state index is 0.0398. The summed E-state index contributed by atoms with van der Waals surface area (Å²) in [6.45, 7) is 2.73. The first-order valence-electron chi connectivity index (χ1n) is 7.75. The highest BCUT2D eigenvalue weighted by molar-refractivity contribution is 7.10. The molecule has 1 aliphatic heterocycles. The second-order valence-corrected chi connectivity index (χ2v) is 6.79. The predicted octanol–water partition coefficient (Wildman–Crippen LogP) is 2.69. The zero-order valence-electron chi connectivity index (χ0n) is 13.5. The molecule has 1 aliphatic rings. The number of halogens is 1. The molecule has 1 atom stereocenters. The van der Waals surface area contributed by atoms with Crippen molar-refractivity contribution >= 4 is 40.7 Å². The molecule has 1 aromatic heterocycles. The van der Waals surface area contributed by atoms with Gasteiger partial charge in [-0.2, -0.15) is 0 Å². The minimum atomic E-state index is -0.510. The Morgan fingerprint density at radius 2 is 2.16 bits per heavy atom. The largest absolute Gasteiger partial charge is 0.494 e. The van der Waals surface area contributed by atoms with Crippen LogP contribution in [0.3, 0.4) is 0 Å². The number of aromatic nitrogens is 2. The van der Waals surface area contributed by atoms with E-state index >= 15 is 0 Å². The third-order valence-corrected chi connectivity index (χ3v) is 4.76. The van der Waals surface area contributed by atoms with Crippen molar-refractivity contribution in [2.24, 2.45) is 5.92 Å². The van der Waals surface area contributed by atoms with E-state index in [1.165, 1.54) is 0 Å². The van der Waals surface area contributed by atoms with Gasteiger partial charge in [-0.15, -0.1) is 5.10 Å². The Bertz CT molecular complexity index is 765. The molecule has 0 aliphatic carbocycles. The van der Waals surface area contributed by atoms with Crippen molar-refractivity contribution in [1.29, 1.82) is 0 Å². The van der Waals surface area contributed by atoms with Crippen LogP contribution in [-0.4, -0.2) is 34.6 Å². The van der Waals surface area contributed by atoms with Gasteiger partial charge in [0.05, 0.1) is 12.5 Å². The lowest BCUT2D eigenvalue weighted by molar-refractivity contribution is -0.149. The van der Waals surface area contributed by atoms with Crippen molar-refractivity contribution < 1.29 is 19.1 Å². The van der Waals surface area contributed by atoms with Crippen LogP contribution in [0.2, 0.25) is 4.34 Å². The molecule has 0 spiro atoms. The number of amides is 1. The van der Waals surface area contributed by atoms with Crippen LogP contribution in [0.5, 0.6) is 5.75 Å². The zero-order chi connectivity index (χ0) is 17.8. The number of rotatable bonds is 6. The summed E-state index contributed by atoms with van der Waals surface area (Å²) in [4.78, 5) is 26.0. The number of hydrogen-bond donors (Lipinski definition) is 0. The molecular weight excluding hydrogens is 366 g/mol. The van der Waals surface area contributed by atoms with Crippen molar-refractivity contribution in [3.63, 3.8) is 0 Å².